The molecule has 6 nitrogen and oxygen atoms in total. The Morgan fingerprint density at radius 2 is 1.85 bits per heavy atom. The van der Waals surface area contributed by atoms with Crippen LogP contribution in [-0.4, -0.2) is 27.8 Å². The highest BCUT2D eigenvalue weighted by molar-refractivity contribution is 7.89. The summed E-state index contributed by atoms with van der Waals surface area (Å²) < 4.78 is 35.6. The fourth-order valence-electron chi connectivity index (χ4n) is 2.16. The number of nitrogens with zero attached hydrogens (tertiary/aromatic N) is 1. The van der Waals surface area contributed by atoms with Crippen molar-refractivity contribution < 1.29 is 17.9 Å². The van der Waals surface area contributed by atoms with Crippen molar-refractivity contribution in [3.05, 3.63) is 52.5 Å². The van der Waals surface area contributed by atoms with Gasteiger partial charge in [-0.2, -0.15) is 18.4 Å². The predicted octanol–water partition coefficient (Wildman–Crippen LogP) is 3.76. The zero-order chi connectivity index (χ0) is 19.3. The van der Waals surface area contributed by atoms with Crippen LogP contribution in [0.15, 0.2) is 46.4 Å². The third-order valence-electron chi connectivity index (χ3n) is 3.31. The van der Waals surface area contributed by atoms with Crippen LogP contribution in [-0.2, 0) is 10.0 Å². The van der Waals surface area contributed by atoms with Gasteiger partial charge in [0.2, 0.25) is 0 Å². The summed E-state index contributed by atoms with van der Waals surface area (Å²) in [5, 5.41) is 4.23. The molecule has 0 atom stereocenters. The topological polar surface area (TPSA) is 77.0 Å². The van der Waals surface area contributed by atoms with Crippen LogP contribution >= 0.6 is 11.6 Å². The number of sulfonamides is 1. The quantitative estimate of drug-likeness (QED) is 0.571. The minimum atomic E-state index is -3.86. The van der Waals surface area contributed by atoms with E-state index in [-0.39, 0.29) is 16.7 Å². The van der Waals surface area contributed by atoms with Gasteiger partial charge in [0, 0.05) is 0 Å². The molecule has 0 heterocycles. The summed E-state index contributed by atoms with van der Waals surface area (Å²) in [4.78, 5) is 2.20. The van der Waals surface area contributed by atoms with E-state index in [0.717, 1.165) is 5.56 Å². The van der Waals surface area contributed by atoms with E-state index in [4.69, 9.17) is 21.1 Å². The van der Waals surface area contributed by atoms with Crippen molar-refractivity contribution in [2.75, 3.05) is 7.11 Å². The minimum absolute atomic E-state index is 0.00290. The van der Waals surface area contributed by atoms with Gasteiger partial charge in [0.25, 0.3) is 10.0 Å². The number of halogens is 1. The van der Waals surface area contributed by atoms with Crippen LogP contribution in [0.3, 0.4) is 0 Å². The first-order chi connectivity index (χ1) is 12.2. The number of methoxy groups -OCH3 is 1. The second-order valence-corrected chi connectivity index (χ2v) is 7.90. The molecule has 0 fully saturated rings. The normalized spacial score (nSPS) is 11.8. The average Bonchev–Trinajstić information content (AvgIpc) is 2.57. The van der Waals surface area contributed by atoms with Gasteiger partial charge in [-0.25, -0.2) is 0 Å². The lowest BCUT2D eigenvalue weighted by Gasteiger charge is -2.11. The highest BCUT2D eigenvalue weighted by Gasteiger charge is 2.18. The molecule has 0 unspecified atom stereocenters. The van der Waals surface area contributed by atoms with Gasteiger partial charge in [-0.15, -0.1) is 0 Å². The van der Waals surface area contributed by atoms with Crippen LogP contribution in [0.2, 0.25) is 5.02 Å². The Labute approximate surface area is 158 Å². The largest absolute Gasteiger partial charge is 0.495 e. The molecule has 0 aliphatic rings. The summed E-state index contributed by atoms with van der Waals surface area (Å²) in [6.45, 7) is 5.60. The molecule has 140 valence electrons. The molecule has 0 aromatic heterocycles. The van der Waals surface area contributed by atoms with Gasteiger partial charge < -0.3 is 9.47 Å². The lowest BCUT2D eigenvalue weighted by atomic mass is 10.2. The molecular formula is C18H21ClN2O4S. The molecule has 0 radical (unpaired) electrons. The Kier molecular flexibility index (Phi) is 6.50. The van der Waals surface area contributed by atoms with E-state index in [1.807, 2.05) is 13.8 Å². The van der Waals surface area contributed by atoms with Crippen molar-refractivity contribution in [2.45, 2.75) is 31.8 Å². The van der Waals surface area contributed by atoms with Gasteiger partial charge in [-0.1, -0.05) is 17.7 Å². The third kappa shape index (κ3) is 5.12. The van der Waals surface area contributed by atoms with Crippen LogP contribution in [0.5, 0.6) is 11.5 Å². The highest BCUT2D eigenvalue weighted by Crippen LogP contribution is 2.26. The third-order valence-corrected chi connectivity index (χ3v) is 4.85. The van der Waals surface area contributed by atoms with E-state index in [0.29, 0.717) is 16.3 Å². The molecule has 0 saturated heterocycles. The fraction of sp³-hybridized carbons (Fsp3) is 0.278. The highest BCUT2D eigenvalue weighted by atomic mass is 35.5. The minimum Gasteiger partial charge on any atom is -0.495 e. The maximum Gasteiger partial charge on any atom is 0.280 e. The smallest absolute Gasteiger partial charge is 0.280 e. The molecule has 0 aliphatic carbocycles. The fourth-order valence-corrected chi connectivity index (χ4v) is 3.44. The van der Waals surface area contributed by atoms with Crippen LogP contribution in [0.4, 0.5) is 0 Å². The first-order valence-electron chi connectivity index (χ1n) is 7.88. The number of ether oxygens (including phenoxy) is 2. The summed E-state index contributed by atoms with van der Waals surface area (Å²) in [6.07, 6.45) is 1.37. The maximum atomic E-state index is 12.4. The van der Waals surface area contributed by atoms with Crippen molar-refractivity contribution in [2.24, 2.45) is 5.10 Å². The summed E-state index contributed by atoms with van der Waals surface area (Å²) in [5.74, 6) is 0.806. The van der Waals surface area contributed by atoms with E-state index in [2.05, 4.69) is 9.93 Å². The molecule has 0 spiro atoms. The van der Waals surface area contributed by atoms with Crippen LogP contribution in [0.1, 0.15) is 25.0 Å². The van der Waals surface area contributed by atoms with Crippen molar-refractivity contribution in [3.8, 4) is 11.5 Å². The van der Waals surface area contributed by atoms with E-state index >= 15 is 0 Å². The lowest BCUT2D eigenvalue weighted by molar-refractivity contribution is 0.242. The molecule has 2 aromatic rings. The molecule has 2 rings (SSSR count). The molecule has 0 amide bonds. The Bertz CT molecular complexity index is 911. The Hall–Kier alpha value is -2.25. The SMILES string of the molecule is COc1ccc(C)cc1S(=O)(=O)N/N=C/c1ccc(OC(C)C)c(Cl)c1. The summed E-state index contributed by atoms with van der Waals surface area (Å²) in [7, 11) is -2.45. The number of rotatable bonds is 7. The maximum absolute atomic E-state index is 12.4. The van der Waals surface area contributed by atoms with Crippen molar-refractivity contribution in [1.82, 2.24) is 4.83 Å². The zero-order valence-electron chi connectivity index (χ0n) is 15.0. The van der Waals surface area contributed by atoms with E-state index in [1.54, 1.807) is 37.3 Å². The Morgan fingerprint density at radius 3 is 2.46 bits per heavy atom. The zero-order valence-corrected chi connectivity index (χ0v) is 16.6. The molecule has 0 bridgehead atoms. The lowest BCUT2D eigenvalue weighted by Crippen LogP contribution is -2.19. The first kappa shape index (κ1) is 20.1. The molecule has 0 saturated carbocycles. The molecule has 8 heteroatoms. The summed E-state index contributed by atoms with van der Waals surface area (Å²) in [5.41, 5.74) is 1.42. The number of hydrazone groups is 1. The Morgan fingerprint density at radius 1 is 1.15 bits per heavy atom. The second kappa shape index (κ2) is 8.42. The number of hydrogen-bond acceptors (Lipinski definition) is 5. The van der Waals surface area contributed by atoms with E-state index < -0.39 is 10.0 Å². The predicted molar refractivity (Wildman–Crippen MR) is 103 cm³/mol. The first-order valence-corrected chi connectivity index (χ1v) is 9.75. The average molecular weight is 397 g/mol. The van der Waals surface area contributed by atoms with Crippen molar-refractivity contribution >= 4 is 27.8 Å². The summed E-state index contributed by atoms with van der Waals surface area (Å²) >= 11 is 6.15. The van der Waals surface area contributed by atoms with Crippen molar-refractivity contribution in [1.29, 1.82) is 0 Å². The summed E-state index contributed by atoms with van der Waals surface area (Å²) in [6, 6.07) is 9.97. The number of benzene rings is 2. The van der Waals surface area contributed by atoms with Crippen molar-refractivity contribution in [3.63, 3.8) is 0 Å². The monoisotopic (exact) mass is 396 g/mol. The van der Waals surface area contributed by atoms with E-state index in [9.17, 15) is 8.42 Å². The Balaban J connectivity index is 2.17. The van der Waals surface area contributed by atoms with E-state index in [1.165, 1.54) is 19.4 Å². The van der Waals surface area contributed by atoms with Crippen LogP contribution in [0.25, 0.3) is 0 Å². The van der Waals surface area contributed by atoms with Gasteiger partial charge in [-0.3, -0.25) is 0 Å². The van der Waals surface area contributed by atoms with Gasteiger partial charge >= 0.3 is 0 Å². The molecule has 26 heavy (non-hydrogen) atoms. The van der Waals surface area contributed by atoms with Crippen LogP contribution < -0.4 is 14.3 Å². The number of hydrogen-bond donors (Lipinski definition) is 1. The molecule has 0 aliphatic heterocycles. The standard InChI is InChI=1S/C18H21ClN2O4S/c1-12(2)25-16-8-6-14(10-15(16)19)11-20-21-26(22,23)18-9-13(3)5-7-17(18)24-4/h5-12,21H,1-4H3/b20-11+. The number of aryl methyl sites for hydroxylation is 1. The van der Waals surface area contributed by atoms with Gasteiger partial charge in [0.15, 0.2) is 0 Å². The molecular weight excluding hydrogens is 376 g/mol. The van der Waals surface area contributed by atoms with Gasteiger partial charge in [-0.05, 0) is 62.2 Å². The van der Waals surface area contributed by atoms with Gasteiger partial charge in [0.1, 0.15) is 16.4 Å². The van der Waals surface area contributed by atoms with Gasteiger partial charge in [0.05, 0.1) is 24.5 Å². The second-order valence-electron chi connectivity index (χ2n) is 5.86. The number of nitrogens with one attached hydrogen (secondary N) is 1. The van der Waals surface area contributed by atoms with Crippen LogP contribution in [0, 0.1) is 6.92 Å². The molecule has 2 aromatic carbocycles. The molecule has 1 N–H and O–H groups in total.